The zero-order valence-electron chi connectivity index (χ0n) is 23.2. The van der Waals surface area contributed by atoms with E-state index in [1.807, 2.05) is 31.2 Å². The molecule has 0 spiro atoms. The van der Waals surface area contributed by atoms with Crippen molar-refractivity contribution < 1.29 is 13.5 Å². The lowest BCUT2D eigenvalue weighted by molar-refractivity contribution is 0.151. The van der Waals surface area contributed by atoms with Gasteiger partial charge in [0.05, 0.1) is 12.2 Å². The summed E-state index contributed by atoms with van der Waals surface area (Å²) in [4.78, 5) is 0. The molecule has 1 nitrogen and oxygen atoms in total. The smallest absolute Gasteiger partial charge is 0.134 e. The van der Waals surface area contributed by atoms with Gasteiger partial charge < -0.3 is 4.74 Å². The number of rotatable bonds is 9. The molecule has 3 aromatic rings. The molecule has 37 heavy (non-hydrogen) atoms. The second-order valence-electron chi connectivity index (χ2n) is 11.4. The first-order valence-corrected chi connectivity index (χ1v) is 14.1. The summed E-state index contributed by atoms with van der Waals surface area (Å²) in [5.74, 6) is 1.12. The average molecular weight is 505 g/mol. The highest BCUT2D eigenvalue weighted by Crippen LogP contribution is 2.38. The Labute approximate surface area is 222 Å². The van der Waals surface area contributed by atoms with E-state index in [4.69, 9.17) is 4.74 Å². The van der Waals surface area contributed by atoms with Crippen molar-refractivity contribution in [1.29, 1.82) is 0 Å². The van der Waals surface area contributed by atoms with Crippen molar-refractivity contribution in [2.75, 3.05) is 6.61 Å². The summed E-state index contributed by atoms with van der Waals surface area (Å²) in [6, 6.07) is 16.7. The van der Waals surface area contributed by atoms with Gasteiger partial charge in [0.1, 0.15) is 17.4 Å². The predicted octanol–water partition coefficient (Wildman–Crippen LogP) is 10.4. The van der Waals surface area contributed by atoms with Crippen molar-refractivity contribution in [3.8, 4) is 28.0 Å². The third kappa shape index (κ3) is 6.25. The Morgan fingerprint density at radius 2 is 1.38 bits per heavy atom. The number of hydrogen-bond donors (Lipinski definition) is 0. The molecule has 0 saturated heterocycles. The molecular formula is C34H42F2O. The van der Waals surface area contributed by atoms with Gasteiger partial charge >= 0.3 is 0 Å². The van der Waals surface area contributed by atoms with Gasteiger partial charge in [-0.1, -0.05) is 77.8 Å². The van der Waals surface area contributed by atoms with Crippen LogP contribution in [-0.2, 0) is 6.42 Å². The van der Waals surface area contributed by atoms with E-state index in [0.29, 0.717) is 23.7 Å². The van der Waals surface area contributed by atoms with Gasteiger partial charge in [-0.15, -0.1) is 0 Å². The highest BCUT2D eigenvalue weighted by atomic mass is 19.1. The van der Waals surface area contributed by atoms with Crippen LogP contribution in [0.4, 0.5) is 8.78 Å². The highest BCUT2D eigenvalue weighted by Gasteiger charge is 2.22. The summed E-state index contributed by atoms with van der Waals surface area (Å²) >= 11 is 0. The Bertz CT molecular complexity index is 1160. The quantitative estimate of drug-likeness (QED) is 0.282. The Kier molecular flexibility index (Phi) is 8.72. The molecule has 3 heteroatoms. The molecule has 3 aromatic carbocycles. The molecule has 1 fully saturated rings. The fourth-order valence-electron chi connectivity index (χ4n) is 5.41. The van der Waals surface area contributed by atoms with E-state index in [1.54, 1.807) is 6.07 Å². The van der Waals surface area contributed by atoms with Crippen molar-refractivity contribution in [2.45, 2.75) is 85.5 Å². The van der Waals surface area contributed by atoms with Gasteiger partial charge in [0.15, 0.2) is 0 Å². The van der Waals surface area contributed by atoms with E-state index in [9.17, 15) is 0 Å². The Hall–Kier alpha value is -2.68. The lowest BCUT2D eigenvalue weighted by atomic mass is 9.79. The number of benzene rings is 3. The molecule has 198 valence electrons. The Morgan fingerprint density at radius 3 is 1.95 bits per heavy atom. The fourth-order valence-corrected chi connectivity index (χ4v) is 5.41. The van der Waals surface area contributed by atoms with Crippen LogP contribution in [0.5, 0.6) is 5.75 Å². The normalized spacial score (nSPS) is 18.1. The van der Waals surface area contributed by atoms with E-state index in [-0.39, 0.29) is 11.0 Å². The van der Waals surface area contributed by atoms with E-state index in [0.717, 1.165) is 42.1 Å². The number of hydrogen-bond acceptors (Lipinski definition) is 1. The molecule has 0 unspecified atom stereocenters. The van der Waals surface area contributed by atoms with Crippen LogP contribution in [0.15, 0.2) is 54.6 Å². The molecule has 0 atom stereocenters. The van der Waals surface area contributed by atoms with Crippen molar-refractivity contribution in [1.82, 2.24) is 0 Å². The van der Waals surface area contributed by atoms with Crippen LogP contribution in [0, 0.1) is 23.0 Å². The molecule has 0 aromatic heterocycles. The first kappa shape index (κ1) is 27.4. The van der Waals surface area contributed by atoms with Crippen LogP contribution in [-0.4, -0.2) is 6.61 Å². The zero-order valence-corrected chi connectivity index (χ0v) is 23.2. The van der Waals surface area contributed by atoms with Gasteiger partial charge in [-0.05, 0) is 96.0 Å². The standard InChI is InChI=1S/C34H42F2O/c1-6-24-19-28(17-18-32(24)37-22-34(5,7-2)8-3)33-30(35)20-29(21-31(33)36)27-15-13-26(14-16-27)25-11-9-23(4)10-12-25/h13-21,23,25H,6-12,22H2,1-5H3. The molecule has 0 bridgehead atoms. The average Bonchev–Trinajstić information content (AvgIpc) is 2.92. The van der Waals surface area contributed by atoms with Crippen LogP contribution in [0.25, 0.3) is 22.3 Å². The van der Waals surface area contributed by atoms with E-state index < -0.39 is 11.6 Å². The molecule has 1 aliphatic rings. The summed E-state index contributed by atoms with van der Waals surface area (Å²) in [6.45, 7) is 11.6. The van der Waals surface area contributed by atoms with Crippen LogP contribution in [0.1, 0.15) is 90.2 Å². The van der Waals surface area contributed by atoms with Crippen LogP contribution < -0.4 is 4.74 Å². The summed E-state index contributed by atoms with van der Waals surface area (Å²) in [6.07, 6.45) is 7.79. The number of ether oxygens (including phenoxy) is 1. The van der Waals surface area contributed by atoms with Crippen molar-refractivity contribution in [2.24, 2.45) is 11.3 Å². The topological polar surface area (TPSA) is 9.23 Å². The Morgan fingerprint density at radius 1 is 0.784 bits per heavy atom. The minimum Gasteiger partial charge on any atom is -0.493 e. The minimum atomic E-state index is -0.541. The van der Waals surface area contributed by atoms with Gasteiger partial charge in [0.2, 0.25) is 0 Å². The molecule has 0 amide bonds. The lowest BCUT2D eigenvalue weighted by Gasteiger charge is -2.27. The van der Waals surface area contributed by atoms with Crippen LogP contribution in [0.3, 0.4) is 0 Å². The molecule has 1 saturated carbocycles. The highest BCUT2D eigenvalue weighted by molar-refractivity contribution is 5.73. The van der Waals surface area contributed by atoms with Crippen LogP contribution >= 0.6 is 0 Å². The SMILES string of the molecule is CCc1cc(-c2c(F)cc(-c3ccc(C4CCC(C)CC4)cc3)cc2F)ccc1OCC(C)(CC)CC. The van der Waals surface area contributed by atoms with Gasteiger partial charge in [-0.3, -0.25) is 0 Å². The fraction of sp³-hybridized carbons (Fsp3) is 0.471. The minimum absolute atomic E-state index is 0.0184. The van der Waals surface area contributed by atoms with E-state index in [2.05, 4.69) is 39.8 Å². The third-order valence-corrected chi connectivity index (χ3v) is 8.79. The van der Waals surface area contributed by atoms with E-state index >= 15 is 8.78 Å². The monoisotopic (exact) mass is 504 g/mol. The number of aryl methyl sites for hydroxylation is 1. The maximum atomic E-state index is 15.3. The van der Waals surface area contributed by atoms with Gasteiger partial charge in [0, 0.05) is 5.41 Å². The Balaban J connectivity index is 1.55. The second kappa shape index (κ2) is 11.8. The molecule has 0 heterocycles. The predicted molar refractivity (Wildman–Crippen MR) is 151 cm³/mol. The van der Waals surface area contributed by atoms with Crippen LogP contribution in [0.2, 0.25) is 0 Å². The second-order valence-corrected chi connectivity index (χ2v) is 11.4. The molecule has 0 radical (unpaired) electrons. The summed E-state index contributed by atoms with van der Waals surface area (Å²) in [7, 11) is 0. The summed E-state index contributed by atoms with van der Waals surface area (Å²) in [5.41, 5.74) is 4.38. The first-order valence-electron chi connectivity index (χ1n) is 14.1. The largest absolute Gasteiger partial charge is 0.493 e. The van der Waals surface area contributed by atoms with Crippen molar-refractivity contribution >= 4 is 0 Å². The molecule has 4 rings (SSSR count). The zero-order chi connectivity index (χ0) is 26.6. The van der Waals surface area contributed by atoms with Gasteiger partial charge in [-0.2, -0.15) is 0 Å². The maximum Gasteiger partial charge on any atom is 0.134 e. The molecular weight excluding hydrogens is 462 g/mol. The third-order valence-electron chi connectivity index (χ3n) is 8.79. The lowest BCUT2D eigenvalue weighted by Crippen LogP contribution is -2.23. The number of halogens is 2. The molecule has 1 aliphatic carbocycles. The maximum absolute atomic E-state index is 15.3. The van der Waals surface area contributed by atoms with Crippen molar-refractivity contribution in [3.63, 3.8) is 0 Å². The summed E-state index contributed by atoms with van der Waals surface area (Å²) < 4.78 is 36.9. The first-order chi connectivity index (χ1) is 17.8. The van der Waals surface area contributed by atoms with Crippen molar-refractivity contribution in [3.05, 3.63) is 77.4 Å². The molecule has 0 aliphatic heterocycles. The summed E-state index contributed by atoms with van der Waals surface area (Å²) in [5, 5.41) is 0. The van der Waals surface area contributed by atoms with Gasteiger partial charge in [-0.25, -0.2) is 8.78 Å². The van der Waals surface area contributed by atoms with Gasteiger partial charge in [0.25, 0.3) is 0 Å². The molecule has 0 N–H and O–H groups in total. The van der Waals surface area contributed by atoms with E-state index in [1.165, 1.54) is 43.4 Å².